The topological polar surface area (TPSA) is 35.5 Å². The third-order valence-corrected chi connectivity index (χ3v) is 3.45. The molecule has 1 aliphatic carbocycles. The van der Waals surface area contributed by atoms with Crippen LogP contribution in [-0.4, -0.2) is 19.7 Å². The Kier molecular flexibility index (Phi) is 4.61. The maximum Gasteiger partial charge on any atom is 0.309 e. The minimum Gasteiger partial charge on any atom is -0.496 e. The summed E-state index contributed by atoms with van der Waals surface area (Å²) in [5.74, 6) is 0.756. The normalized spacial score (nSPS) is 18.6. The molecule has 0 aromatic heterocycles. The molecule has 1 aromatic carbocycles. The molecule has 3 nitrogen and oxygen atoms in total. The van der Waals surface area contributed by atoms with Crippen LogP contribution in [0.15, 0.2) is 30.3 Å². The summed E-state index contributed by atoms with van der Waals surface area (Å²) >= 11 is 0. The summed E-state index contributed by atoms with van der Waals surface area (Å²) in [7, 11) is 1.67. The number of carbonyl (C=O) groups is 1. The van der Waals surface area contributed by atoms with Crippen molar-refractivity contribution in [3.8, 4) is 5.75 Å². The molecular formula is C16H20O3. The van der Waals surface area contributed by atoms with Gasteiger partial charge >= 0.3 is 5.97 Å². The molecule has 1 unspecified atom stereocenters. The van der Waals surface area contributed by atoms with Gasteiger partial charge in [0, 0.05) is 5.56 Å². The molecule has 2 rings (SSSR count). The summed E-state index contributed by atoms with van der Waals surface area (Å²) in [6.45, 7) is 2.29. The molecule has 0 fully saturated rings. The van der Waals surface area contributed by atoms with Gasteiger partial charge in [-0.15, -0.1) is 0 Å². The molecule has 0 amide bonds. The zero-order valence-electron chi connectivity index (χ0n) is 11.5. The van der Waals surface area contributed by atoms with Gasteiger partial charge in [-0.3, -0.25) is 4.79 Å². The molecule has 19 heavy (non-hydrogen) atoms. The number of allylic oxidation sites excluding steroid dienone is 2. The second-order valence-corrected chi connectivity index (χ2v) is 4.66. The maximum atomic E-state index is 11.8. The van der Waals surface area contributed by atoms with Crippen LogP contribution in [0.4, 0.5) is 0 Å². The van der Waals surface area contributed by atoms with E-state index in [1.165, 1.54) is 5.57 Å². The van der Waals surface area contributed by atoms with Gasteiger partial charge in [0.05, 0.1) is 19.6 Å². The fraction of sp³-hybridized carbons (Fsp3) is 0.438. The number of methoxy groups -OCH3 is 1. The minimum absolute atomic E-state index is 0.0233. The lowest BCUT2D eigenvalue weighted by Gasteiger charge is -2.22. The Morgan fingerprint density at radius 2 is 2.16 bits per heavy atom. The van der Waals surface area contributed by atoms with Crippen LogP contribution >= 0.6 is 0 Å². The van der Waals surface area contributed by atoms with Gasteiger partial charge in [0.2, 0.25) is 0 Å². The van der Waals surface area contributed by atoms with Gasteiger partial charge in [0.1, 0.15) is 5.75 Å². The van der Waals surface area contributed by atoms with Crippen LogP contribution in [0.5, 0.6) is 5.75 Å². The molecule has 0 spiro atoms. The fourth-order valence-corrected chi connectivity index (χ4v) is 2.50. The number of para-hydroxylation sites is 1. The summed E-state index contributed by atoms with van der Waals surface area (Å²) in [5.41, 5.74) is 2.26. The predicted molar refractivity (Wildman–Crippen MR) is 74.9 cm³/mol. The number of benzene rings is 1. The number of hydrogen-bond acceptors (Lipinski definition) is 3. The summed E-state index contributed by atoms with van der Waals surface area (Å²) in [5, 5.41) is 0. The zero-order valence-corrected chi connectivity index (χ0v) is 11.5. The van der Waals surface area contributed by atoms with Crippen LogP contribution in [0.3, 0.4) is 0 Å². The molecule has 0 N–H and O–H groups in total. The van der Waals surface area contributed by atoms with Crippen LogP contribution < -0.4 is 4.74 Å². The van der Waals surface area contributed by atoms with Gasteiger partial charge < -0.3 is 9.47 Å². The highest BCUT2D eigenvalue weighted by molar-refractivity contribution is 5.79. The Morgan fingerprint density at radius 3 is 2.89 bits per heavy atom. The third-order valence-electron chi connectivity index (χ3n) is 3.45. The van der Waals surface area contributed by atoms with Crippen LogP contribution in [0, 0.1) is 5.92 Å². The van der Waals surface area contributed by atoms with Gasteiger partial charge in [0.25, 0.3) is 0 Å². The second kappa shape index (κ2) is 6.41. The van der Waals surface area contributed by atoms with E-state index in [9.17, 15) is 4.79 Å². The molecule has 102 valence electrons. The van der Waals surface area contributed by atoms with Crippen molar-refractivity contribution < 1.29 is 14.3 Å². The molecule has 0 bridgehead atoms. The Hall–Kier alpha value is -1.77. The molecule has 0 saturated heterocycles. The van der Waals surface area contributed by atoms with Crippen LogP contribution in [0.1, 0.15) is 31.7 Å². The van der Waals surface area contributed by atoms with E-state index in [-0.39, 0.29) is 11.9 Å². The SMILES string of the molecule is CCOC(=O)C1CCC=C(c2ccccc2OC)C1. The predicted octanol–water partition coefficient (Wildman–Crippen LogP) is 3.44. The number of rotatable bonds is 4. The van der Waals surface area contributed by atoms with Crippen molar-refractivity contribution in [2.75, 3.05) is 13.7 Å². The highest BCUT2D eigenvalue weighted by atomic mass is 16.5. The third kappa shape index (κ3) is 3.16. The molecule has 1 aliphatic rings. The number of carbonyl (C=O) groups excluding carboxylic acids is 1. The summed E-state index contributed by atoms with van der Waals surface area (Å²) < 4.78 is 10.5. The number of esters is 1. The van der Waals surface area contributed by atoms with Crippen molar-refractivity contribution in [3.63, 3.8) is 0 Å². The molecule has 1 atom stereocenters. The van der Waals surface area contributed by atoms with E-state index in [0.717, 1.165) is 30.6 Å². The standard InChI is InChI=1S/C16H20O3/c1-3-19-16(17)13-8-6-7-12(11-13)14-9-4-5-10-15(14)18-2/h4-5,7,9-10,13H,3,6,8,11H2,1-2H3. The molecule has 0 radical (unpaired) electrons. The summed E-state index contributed by atoms with van der Waals surface area (Å²) in [6, 6.07) is 7.93. The van der Waals surface area contributed by atoms with Gasteiger partial charge in [-0.2, -0.15) is 0 Å². The van der Waals surface area contributed by atoms with E-state index in [4.69, 9.17) is 9.47 Å². The molecular weight excluding hydrogens is 240 g/mol. The minimum atomic E-state index is -0.0806. The smallest absolute Gasteiger partial charge is 0.309 e. The van der Waals surface area contributed by atoms with Crippen LogP contribution in [0.25, 0.3) is 5.57 Å². The van der Waals surface area contributed by atoms with Crippen LogP contribution in [0.2, 0.25) is 0 Å². The lowest BCUT2D eigenvalue weighted by molar-refractivity contribution is -0.148. The Balaban J connectivity index is 2.17. The Bertz CT molecular complexity index is 477. The van der Waals surface area contributed by atoms with E-state index < -0.39 is 0 Å². The number of ether oxygens (including phenoxy) is 2. The first kappa shape index (κ1) is 13.7. The molecule has 0 heterocycles. The first-order chi connectivity index (χ1) is 9.26. The molecule has 0 saturated carbocycles. The Labute approximate surface area is 114 Å². The van der Waals surface area contributed by atoms with Gasteiger partial charge in [-0.05, 0) is 37.8 Å². The summed E-state index contributed by atoms with van der Waals surface area (Å²) in [6.07, 6.45) is 4.72. The average Bonchev–Trinajstić information content (AvgIpc) is 2.47. The molecule has 1 aromatic rings. The van der Waals surface area contributed by atoms with Crippen molar-refractivity contribution in [2.24, 2.45) is 5.92 Å². The van der Waals surface area contributed by atoms with Crippen molar-refractivity contribution in [2.45, 2.75) is 26.2 Å². The fourth-order valence-electron chi connectivity index (χ4n) is 2.50. The van der Waals surface area contributed by atoms with E-state index >= 15 is 0 Å². The largest absolute Gasteiger partial charge is 0.496 e. The highest BCUT2D eigenvalue weighted by Gasteiger charge is 2.25. The monoisotopic (exact) mass is 260 g/mol. The highest BCUT2D eigenvalue weighted by Crippen LogP contribution is 2.35. The second-order valence-electron chi connectivity index (χ2n) is 4.66. The van der Waals surface area contributed by atoms with E-state index in [0.29, 0.717) is 6.61 Å². The van der Waals surface area contributed by atoms with Crippen LogP contribution in [-0.2, 0) is 9.53 Å². The Morgan fingerprint density at radius 1 is 1.37 bits per heavy atom. The molecule has 3 heteroatoms. The summed E-state index contributed by atoms with van der Waals surface area (Å²) in [4.78, 5) is 11.8. The van der Waals surface area contributed by atoms with Crippen molar-refractivity contribution in [1.82, 2.24) is 0 Å². The lowest BCUT2D eigenvalue weighted by atomic mass is 9.85. The first-order valence-corrected chi connectivity index (χ1v) is 6.75. The maximum absolute atomic E-state index is 11.8. The van der Waals surface area contributed by atoms with E-state index in [1.54, 1.807) is 7.11 Å². The lowest BCUT2D eigenvalue weighted by Crippen LogP contribution is -2.20. The van der Waals surface area contributed by atoms with Gasteiger partial charge in [-0.25, -0.2) is 0 Å². The van der Waals surface area contributed by atoms with E-state index in [1.807, 2.05) is 31.2 Å². The van der Waals surface area contributed by atoms with Crippen molar-refractivity contribution in [1.29, 1.82) is 0 Å². The van der Waals surface area contributed by atoms with E-state index in [2.05, 4.69) is 6.08 Å². The number of hydrogen-bond donors (Lipinski definition) is 0. The van der Waals surface area contributed by atoms with Gasteiger partial charge in [0.15, 0.2) is 0 Å². The average molecular weight is 260 g/mol. The van der Waals surface area contributed by atoms with Crippen molar-refractivity contribution >= 4 is 11.5 Å². The van der Waals surface area contributed by atoms with Crippen molar-refractivity contribution in [3.05, 3.63) is 35.9 Å². The first-order valence-electron chi connectivity index (χ1n) is 6.75. The quantitative estimate of drug-likeness (QED) is 0.778. The molecule has 0 aliphatic heterocycles. The van der Waals surface area contributed by atoms with Gasteiger partial charge in [-0.1, -0.05) is 24.3 Å². The zero-order chi connectivity index (χ0) is 13.7.